The van der Waals surface area contributed by atoms with Crippen LogP contribution in [0.25, 0.3) is 5.69 Å². The quantitative estimate of drug-likeness (QED) is 0.728. The van der Waals surface area contributed by atoms with Crippen LogP contribution in [0.15, 0.2) is 52.8 Å². The lowest BCUT2D eigenvalue weighted by Gasteiger charge is -2.08. The summed E-state index contributed by atoms with van der Waals surface area (Å²) in [5.74, 6) is 0.651. The highest BCUT2D eigenvalue weighted by Gasteiger charge is 2.15. The van der Waals surface area contributed by atoms with Crippen molar-refractivity contribution in [3.05, 3.63) is 48.2 Å². The van der Waals surface area contributed by atoms with E-state index in [1.807, 2.05) is 24.3 Å². The molecule has 0 unspecified atom stereocenters. The molecule has 0 N–H and O–H groups in total. The van der Waals surface area contributed by atoms with E-state index in [1.165, 1.54) is 11.8 Å². The molecule has 3 aromatic rings. The Hall–Kier alpha value is -2.92. The zero-order valence-electron chi connectivity index (χ0n) is 11.5. The first-order valence-corrected chi connectivity index (χ1v) is 7.10. The standard InChI is InChI=1S/C14H10N6OS/c1-21-12-7-3-2-6-11(12)20-14(17-18-19-20)22-13-10(9-15)5-4-8-16-13/h2-8H,1H3. The van der Waals surface area contributed by atoms with Crippen molar-refractivity contribution in [2.45, 2.75) is 10.2 Å². The second-order valence-electron chi connectivity index (χ2n) is 4.12. The van der Waals surface area contributed by atoms with Crippen LogP contribution in [0.1, 0.15) is 5.56 Å². The SMILES string of the molecule is COc1ccccc1-n1nnnc1Sc1ncccc1C#N. The summed E-state index contributed by atoms with van der Waals surface area (Å²) >= 11 is 1.22. The Balaban J connectivity index is 2.01. The molecule has 0 saturated carbocycles. The predicted octanol–water partition coefficient (Wildman–Crippen LogP) is 2.09. The van der Waals surface area contributed by atoms with Crippen molar-refractivity contribution < 1.29 is 4.74 Å². The van der Waals surface area contributed by atoms with E-state index in [1.54, 1.807) is 30.1 Å². The molecule has 1 aromatic carbocycles. The summed E-state index contributed by atoms with van der Waals surface area (Å²) in [5.41, 5.74) is 1.19. The van der Waals surface area contributed by atoms with E-state index in [9.17, 15) is 0 Å². The van der Waals surface area contributed by atoms with Crippen LogP contribution < -0.4 is 4.74 Å². The number of hydrogen-bond acceptors (Lipinski definition) is 7. The molecule has 0 atom stereocenters. The summed E-state index contributed by atoms with van der Waals surface area (Å²) in [6, 6.07) is 12.9. The van der Waals surface area contributed by atoms with Crippen molar-refractivity contribution in [3.8, 4) is 17.5 Å². The number of pyridine rings is 1. The molecule has 0 saturated heterocycles. The minimum atomic E-state index is 0.474. The van der Waals surface area contributed by atoms with Crippen molar-refractivity contribution >= 4 is 11.8 Å². The van der Waals surface area contributed by atoms with Gasteiger partial charge in [-0.2, -0.15) is 9.94 Å². The van der Waals surface area contributed by atoms with E-state index in [4.69, 9.17) is 10.00 Å². The second kappa shape index (κ2) is 6.24. The van der Waals surface area contributed by atoms with E-state index in [0.29, 0.717) is 27.2 Å². The van der Waals surface area contributed by atoms with Gasteiger partial charge in [-0.05, 0) is 46.5 Å². The summed E-state index contributed by atoms with van der Waals surface area (Å²) in [6.45, 7) is 0. The summed E-state index contributed by atoms with van der Waals surface area (Å²) in [6.07, 6.45) is 1.63. The van der Waals surface area contributed by atoms with Crippen LogP contribution in [0, 0.1) is 11.3 Å². The maximum absolute atomic E-state index is 9.13. The number of aromatic nitrogens is 5. The first kappa shape index (κ1) is 14.0. The van der Waals surface area contributed by atoms with Gasteiger partial charge < -0.3 is 4.74 Å². The fourth-order valence-electron chi connectivity index (χ4n) is 1.84. The fraction of sp³-hybridized carbons (Fsp3) is 0.0714. The minimum Gasteiger partial charge on any atom is -0.494 e. The van der Waals surface area contributed by atoms with Crippen LogP contribution >= 0.6 is 11.8 Å². The van der Waals surface area contributed by atoms with Gasteiger partial charge >= 0.3 is 0 Å². The highest BCUT2D eigenvalue weighted by Crippen LogP contribution is 2.30. The number of methoxy groups -OCH3 is 1. The van der Waals surface area contributed by atoms with Gasteiger partial charge in [-0.25, -0.2) is 4.98 Å². The fourth-order valence-corrected chi connectivity index (χ4v) is 2.65. The Labute approximate surface area is 130 Å². The molecule has 8 heteroatoms. The van der Waals surface area contributed by atoms with Gasteiger partial charge in [0.1, 0.15) is 22.5 Å². The summed E-state index contributed by atoms with van der Waals surface area (Å²) in [7, 11) is 1.59. The van der Waals surface area contributed by atoms with Crippen molar-refractivity contribution in [1.29, 1.82) is 5.26 Å². The molecule has 0 radical (unpaired) electrons. The molecule has 3 rings (SSSR count). The molecule has 0 spiro atoms. The summed E-state index contributed by atoms with van der Waals surface area (Å²) in [4.78, 5) is 4.20. The van der Waals surface area contributed by atoms with Gasteiger partial charge in [-0.1, -0.05) is 12.1 Å². The number of hydrogen-bond donors (Lipinski definition) is 0. The number of ether oxygens (including phenoxy) is 1. The maximum Gasteiger partial charge on any atom is 0.220 e. The third-order valence-electron chi connectivity index (χ3n) is 2.83. The lowest BCUT2D eigenvalue weighted by atomic mass is 10.3. The maximum atomic E-state index is 9.13. The molecule has 108 valence electrons. The van der Waals surface area contributed by atoms with Crippen LogP contribution in [-0.2, 0) is 0 Å². The Morgan fingerprint density at radius 3 is 2.91 bits per heavy atom. The molecule has 0 fully saturated rings. The molecule has 0 bridgehead atoms. The van der Waals surface area contributed by atoms with E-state index < -0.39 is 0 Å². The zero-order valence-corrected chi connectivity index (χ0v) is 12.4. The lowest BCUT2D eigenvalue weighted by Crippen LogP contribution is -2.02. The molecule has 2 heterocycles. The Morgan fingerprint density at radius 1 is 1.23 bits per heavy atom. The average Bonchev–Trinajstić information content (AvgIpc) is 3.03. The van der Waals surface area contributed by atoms with Gasteiger partial charge in [0.15, 0.2) is 0 Å². The lowest BCUT2D eigenvalue weighted by molar-refractivity contribution is 0.410. The molecule has 22 heavy (non-hydrogen) atoms. The van der Waals surface area contributed by atoms with E-state index in [-0.39, 0.29) is 0 Å². The molecular weight excluding hydrogens is 300 g/mol. The van der Waals surface area contributed by atoms with Crippen LogP contribution in [0.2, 0.25) is 0 Å². The first-order valence-electron chi connectivity index (χ1n) is 6.28. The number of benzene rings is 1. The summed E-state index contributed by atoms with van der Waals surface area (Å²) < 4.78 is 6.88. The second-order valence-corrected chi connectivity index (χ2v) is 5.07. The van der Waals surface area contributed by atoms with Gasteiger partial charge in [0.2, 0.25) is 5.16 Å². The van der Waals surface area contributed by atoms with Crippen molar-refractivity contribution in [2.75, 3.05) is 7.11 Å². The first-order chi connectivity index (χ1) is 10.8. The third kappa shape index (κ3) is 2.62. The van der Waals surface area contributed by atoms with Gasteiger partial charge in [-0.15, -0.1) is 5.10 Å². The minimum absolute atomic E-state index is 0.474. The van der Waals surface area contributed by atoms with E-state index in [2.05, 4.69) is 26.6 Å². The van der Waals surface area contributed by atoms with E-state index in [0.717, 1.165) is 0 Å². The van der Waals surface area contributed by atoms with Crippen LogP contribution in [0.5, 0.6) is 5.75 Å². The largest absolute Gasteiger partial charge is 0.494 e. The normalized spacial score (nSPS) is 10.2. The average molecular weight is 310 g/mol. The number of rotatable bonds is 4. The van der Waals surface area contributed by atoms with Gasteiger partial charge in [-0.3, -0.25) is 0 Å². The molecule has 0 amide bonds. The zero-order chi connectivity index (χ0) is 15.4. The van der Waals surface area contributed by atoms with Gasteiger partial charge in [0.25, 0.3) is 0 Å². The van der Waals surface area contributed by atoms with Crippen molar-refractivity contribution in [2.24, 2.45) is 0 Å². The Kier molecular flexibility index (Phi) is 3.98. The van der Waals surface area contributed by atoms with Crippen molar-refractivity contribution in [1.82, 2.24) is 25.2 Å². The van der Waals surface area contributed by atoms with E-state index >= 15 is 0 Å². The molecule has 0 aliphatic carbocycles. The predicted molar refractivity (Wildman–Crippen MR) is 78.8 cm³/mol. The molecule has 0 aliphatic heterocycles. The number of para-hydroxylation sites is 2. The highest BCUT2D eigenvalue weighted by molar-refractivity contribution is 7.99. The van der Waals surface area contributed by atoms with Crippen LogP contribution in [-0.4, -0.2) is 32.3 Å². The molecule has 0 aliphatic rings. The monoisotopic (exact) mass is 310 g/mol. The van der Waals surface area contributed by atoms with Crippen LogP contribution in [0.3, 0.4) is 0 Å². The molecule has 7 nitrogen and oxygen atoms in total. The number of nitriles is 1. The third-order valence-corrected chi connectivity index (χ3v) is 3.79. The molecule has 2 aromatic heterocycles. The Morgan fingerprint density at radius 2 is 2.09 bits per heavy atom. The smallest absolute Gasteiger partial charge is 0.220 e. The molecular formula is C14H10N6OS. The van der Waals surface area contributed by atoms with Gasteiger partial charge in [0, 0.05) is 6.20 Å². The number of nitrogens with zero attached hydrogens (tertiary/aromatic N) is 6. The topological polar surface area (TPSA) is 89.5 Å². The highest BCUT2D eigenvalue weighted by atomic mass is 32.2. The number of tetrazole rings is 1. The van der Waals surface area contributed by atoms with Crippen molar-refractivity contribution in [3.63, 3.8) is 0 Å². The summed E-state index contributed by atoms with van der Waals surface area (Å²) in [5, 5.41) is 21.9. The Bertz CT molecular complexity index is 841. The van der Waals surface area contributed by atoms with Crippen LogP contribution in [0.4, 0.5) is 0 Å². The van der Waals surface area contributed by atoms with Gasteiger partial charge in [0.05, 0.1) is 12.7 Å².